The summed E-state index contributed by atoms with van der Waals surface area (Å²) in [5, 5.41) is 0.910. The summed E-state index contributed by atoms with van der Waals surface area (Å²) in [4.78, 5) is 9.16. The summed E-state index contributed by atoms with van der Waals surface area (Å²) in [6.45, 7) is 1.34. The van der Waals surface area contributed by atoms with Gasteiger partial charge < -0.3 is 10.2 Å². The van der Waals surface area contributed by atoms with Gasteiger partial charge in [0.25, 0.3) is 0 Å². The van der Waals surface area contributed by atoms with Gasteiger partial charge >= 0.3 is 0 Å². The van der Waals surface area contributed by atoms with E-state index in [2.05, 4.69) is 27.5 Å². The van der Waals surface area contributed by atoms with E-state index < -0.39 is 0 Å². The summed E-state index contributed by atoms with van der Waals surface area (Å²) in [5.74, 6) is 6.89. The summed E-state index contributed by atoms with van der Waals surface area (Å²) < 4.78 is 5.45. The molecule has 2 aromatic carbocycles. The number of anilines is 1. The first-order chi connectivity index (χ1) is 10.3. The highest BCUT2D eigenvalue weighted by Crippen LogP contribution is 2.28. The summed E-state index contributed by atoms with van der Waals surface area (Å²) >= 11 is 0. The van der Waals surface area contributed by atoms with Crippen LogP contribution in [-0.2, 0) is 18.0 Å². The van der Waals surface area contributed by atoms with Crippen molar-refractivity contribution in [3.05, 3.63) is 53.6 Å². The van der Waals surface area contributed by atoms with Crippen LogP contribution in [-0.4, -0.2) is 9.97 Å². The van der Waals surface area contributed by atoms with Crippen molar-refractivity contribution in [1.29, 1.82) is 0 Å². The minimum Gasteiger partial charge on any atom is -0.372 e. The minimum absolute atomic E-state index is 0.632. The second-order valence-corrected chi connectivity index (χ2v) is 5.03. The van der Waals surface area contributed by atoms with Crippen molar-refractivity contribution in [3.8, 4) is 11.4 Å². The van der Waals surface area contributed by atoms with Crippen LogP contribution < -0.4 is 11.3 Å². The molecule has 4 rings (SSSR count). The molecule has 2 heterocycles. The summed E-state index contributed by atoms with van der Waals surface area (Å²) in [5.41, 5.74) is 6.93. The van der Waals surface area contributed by atoms with E-state index in [9.17, 15) is 0 Å². The fourth-order valence-electron chi connectivity index (χ4n) is 2.63. The van der Waals surface area contributed by atoms with Gasteiger partial charge in [0.15, 0.2) is 11.6 Å². The molecule has 1 aliphatic rings. The number of hydrogen-bond donors (Lipinski definition) is 2. The minimum atomic E-state index is 0.632. The number of hydrazine groups is 1. The summed E-state index contributed by atoms with van der Waals surface area (Å²) in [7, 11) is 0. The van der Waals surface area contributed by atoms with Gasteiger partial charge in [-0.2, -0.15) is 0 Å². The molecule has 3 N–H and O–H groups in total. The molecule has 0 saturated heterocycles. The lowest BCUT2D eigenvalue weighted by molar-refractivity contribution is 0.134. The standard InChI is InChI=1S/C16H14N4O/c17-20-16-13-3-1-2-4-14(13)18-15(19-16)10-5-6-11-8-21-9-12(11)7-10/h1-7H,8-9,17H2,(H,18,19,20). The highest BCUT2D eigenvalue weighted by molar-refractivity contribution is 5.90. The predicted molar refractivity (Wildman–Crippen MR) is 81.3 cm³/mol. The van der Waals surface area contributed by atoms with Gasteiger partial charge in [-0.05, 0) is 29.3 Å². The molecule has 1 aliphatic heterocycles. The Morgan fingerprint density at radius 2 is 1.86 bits per heavy atom. The van der Waals surface area contributed by atoms with E-state index in [4.69, 9.17) is 10.6 Å². The van der Waals surface area contributed by atoms with Gasteiger partial charge in [-0.1, -0.05) is 24.3 Å². The molecule has 0 saturated carbocycles. The number of fused-ring (bicyclic) bond motifs is 2. The number of rotatable bonds is 2. The molecule has 5 nitrogen and oxygen atoms in total. The molecule has 0 amide bonds. The molecule has 104 valence electrons. The first-order valence-electron chi connectivity index (χ1n) is 6.78. The lowest BCUT2D eigenvalue weighted by Gasteiger charge is -2.08. The average Bonchev–Trinajstić information content (AvgIpc) is 3.01. The quantitative estimate of drug-likeness (QED) is 0.557. The van der Waals surface area contributed by atoms with Gasteiger partial charge in [0, 0.05) is 10.9 Å². The van der Waals surface area contributed by atoms with Crippen LogP contribution in [0.15, 0.2) is 42.5 Å². The van der Waals surface area contributed by atoms with Crippen LogP contribution in [0.5, 0.6) is 0 Å². The molecule has 3 aromatic rings. The Bertz CT molecular complexity index is 832. The zero-order chi connectivity index (χ0) is 14.2. The Balaban J connectivity index is 1.90. The molecule has 0 bridgehead atoms. The van der Waals surface area contributed by atoms with Crippen LogP contribution >= 0.6 is 0 Å². The zero-order valence-corrected chi connectivity index (χ0v) is 11.3. The van der Waals surface area contributed by atoms with E-state index in [1.807, 2.05) is 30.3 Å². The number of ether oxygens (including phenoxy) is 1. The van der Waals surface area contributed by atoms with Crippen molar-refractivity contribution in [3.63, 3.8) is 0 Å². The molecule has 1 aromatic heterocycles. The Morgan fingerprint density at radius 1 is 1.00 bits per heavy atom. The topological polar surface area (TPSA) is 73.1 Å². The number of nitrogens with one attached hydrogen (secondary N) is 1. The van der Waals surface area contributed by atoms with E-state index in [0.717, 1.165) is 16.5 Å². The molecule has 21 heavy (non-hydrogen) atoms. The van der Waals surface area contributed by atoms with Crippen molar-refractivity contribution in [2.75, 3.05) is 5.43 Å². The van der Waals surface area contributed by atoms with Crippen LogP contribution in [0.1, 0.15) is 11.1 Å². The summed E-state index contributed by atoms with van der Waals surface area (Å²) in [6.07, 6.45) is 0. The molecule has 0 radical (unpaired) electrons. The van der Waals surface area contributed by atoms with Crippen LogP contribution in [0.3, 0.4) is 0 Å². The van der Waals surface area contributed by atoms with Crippen molar-refractivity contribution >= 4 is 16.7 Å². The maximum atomic E-state index is 5.59. The Kier molecular flexibility index (Phi) is 2.80. The third-order valence-corrected chi connectivity index (χ3v) is 3.72. The SMILES string of the molecule is NNc1nc(-c2ccc3c(c2)COC3)nc2ccccc12. The first kappa shape index (κ1) is 12.3. The fourth-order valence-corrected chi connectivity index (χ4v) is 2.63. The number of nitrogens with two attached hydrogens (primary N) is 1. The largest absolute Gasteiger partial charge is 0.372 e. The van der Waals surface area contributed by atoms with Crippen LogP contribution in [0.25, 0.3) is 22.3 Å². The molecular formula is C16H14N4O. The van der Waals surface area contributed by atoms with Crippen LogP contribution in [0.2, 0.25) is 0 Å². The third kappa shape index (κ3) is 2.03. The number of nitrogens with zero attached hydrogens (tertiary/aromatic N) is 2. The highest BCUT2D eigenvalue weighted by Gasteiger charge is 2.14. The van der Waals surface area contributed by atoms with E-state index in [0.29, 0.717) is 24.9 Å². The maximum Gasteiger partial charge on any atom is 0.162 e. The lowest BCUT2D eigenvalue weighted by atomic mass is 10.1. The van der Waals surface area contributed by atoms with E-state index in [-0.39, 0.29) is 0 Å². The van der Waals surface area contributed by atoms with E-state index in [1.165, 1.54) is 11.1 Å². The number of aromatic nitrogens is 2. The second kappa shape index (κ2) is 4.80. The second-order valence-electron chi connectivity index (χ2n) is 5.03. The molecular weight excluding hydrogens is 264 g/mol. The molecule has 5 heteroatoms. The first-order valence-corrected chi connectivity index (χ1v) is 6.78. The van der Waals surface area contributed by atoms with Gasteiger partial charge in [-0.3, -0.25) is 0 Å². The number of para-hydroxylation sites is 1. The molecule has 0 atom stereocenters. The Hall–Kier alpha value is -2.50. The van der Waals surface area contributed by atoms with Crippen molar-refractivity contribution in [2.24, 2.45) is 5.84 Å². The average molecular weight is 278 g/mol. The van der Waals surface area contributed by atoms with Gasteiger partial charge in [0.2, 0.25) is 0 Å². The normalized spacial score (nSPS) is 13.4. The van der Waals surface area contributed by atoms with Crippen molar-refractivity contribution in [1.82, 2.24) is 9.97 Å². The third-order valence-electron chi connectivity index (χ3n) is 3.72. The lowest BCUT2D eigenvalue weighted by Crippen LogP contribution is -2.10. The molecule has 0 spiro atoms. The maximum absolute atomic E-state index is 5.59. The van der Waals surface area contributed by atoms with Gasteiger partial charge in [-0.25, -0.2) is 15.8 Å². The predicted octanol–water partition coefficient (Wildman–Crippen LogP) is 2.61. The number of benzene rings is 2. The Morgan fingerprint density at radius 3 is 2.76 bits per heavy atom. The zero-order valence-electron chi connectivity index (χ0n) is 11.3. The Labute approximate surface area is 121 Å². The van der Waals surface area contributed by atoms with Gasteiger partial charge in [-0.15, -0.1) is 0 Å². The van der Waals surface area contributed by atoms with Crippen molar-refractivity contribution in [2.45, 2.75) is 13.2 Å². The van der Waals surface area contributed by atoms with Crippen LogP contribution in [0, 0.1) is 0 Å². The number of nitrogen functional groups attached to an aromatic ring is 1. The number of hydrogen-bond acceptors (Lipinski definition) is 5. The van der Waals surface area contributed by atoms with E-state index >= 15 is 0 Å². The molecule has 0 fully saturated rings. The van der Waals surface area contributed by atoms with Gasteiger partial charge in [0.1, 0.15) is 0 Å². The monoisotopic (exact) mass is 278 g/mol. The van der Waals surface area contributed by atoms with Crippen molar-refractivity contribution < 1.29 is 4.74 Å². The fraction of sp³-hybridized carbons (Fsp3) is 0.125. The molecule has 0 aliphatic carbocycles. The highest BCUT2D eigenvalue weighted by atomic mass is 16.5. The van der Waals surface area contributed by atoms with Gasteiger partial charge in [0.05, 0.1) is 18.7 Å². The summed E-state index contributed by atoms with van der Waals surface area (Å²) in [6, 6.07) is 14.0. The smallest absolute Gasteiger partial charge is 0.162 e. The van der Waals surface area contributed by atoms with E-state index in [1.54, 1.807) is 0 Å². The molecule has 0 unspecified atom stereocenters. The van der Waals surface area contributed by atoms with Crippen LogP contribution in [0.4, 0.5) is 5.82 Å².